The highest BCUT2D eigenvalue weighted by molar-refractivity contribution is 7.91. The summed E-state index contributed by atoms with van der Waals surface area (Å²) in [5.41, 5.74) is 1.68. The van der Waals surface area contributed by atoms with E-state index in [0.717, 1.165) is 23.3 Å². The van der Waals surface area contributed by atoms with Gasteiger partial charge in [-0.25, -0.2) is 13.2 Å². The zero-order valence-electron chi connectivity index (χ0n) is 14.6. The molecule has 9 heteroatoms. The number of carbonyl (C=O) groups excluding carboxylic acids is 1. The molecule has 0 radical (unpaired) electrons. The summed E-state index contributed by atoms with van der Waals surface area (Å²) in [6.45, 7) is 1.64. The van der Waals surface area contributed by atoms with Crippen molar-refractivity contribution in [2.45, 2.75) is 24.2 Å². The van der Waals surface area contributed by atoms with E-state index in [1.54, 1.807) is 6.07 Å². The zero-order valence-corrected chi connectivity index (χ0v) is 15.4. The van der Waals surface area contributed by atoms with Crippen LogP contribution in [0.3, 0.4) is 0 Å². The Morgan fingerprint density at radius 3 is 2.50 bits per heavy atom. The third kappa shape index (κ3) is 4.09. The van der Waals surface area contributed by atoms with Gasteiger partial charge in [0.2, 0.25) is 9.84 Å². The molecule has 0 aliphatic rings. The number of benzene rings is 2. The van der Waals surface area contributed by atoms with E-state index in [1.165, 1.54) is 12.1 Å². The van der Waals surface area contributed by atoms with Gasteiger partial charge in [-0.05, 0) is 19.1 Å². The van der Waals surface area contributed by atoms with Crippen molar-refractivity contribution < 1.29 is 31.3 Å². The lowest BCUT2D eigenvalue weighted by Crippen LogP contribution is -2.17. The van der Waals surface area contributed by atoms with Crippen LogP contribution >= 0.6 is 0 Å². The summed E-state index contributed by atoms with van der Waals surface area (Å²) in [5.74, 6) is -4.24. The predicted octanol–water partition coefficient (Wildman–Crippen LogP) is 4.00. The van der Waals surface area contributed by atoms with Gasteiger partial charge >= 0.3 is 11.7 Å². The molecule has 28 heavy (non-hydrogen) atoms. The summed E-state index contributed by atoms with van der Waals surface area (Å²) in [6, 6.07) is 13.7. The number of hydrogen-bond donors (Lipinski definition) is 0. The van der Waals surface area contributed by atoms with Gasteiger partial charge in [0.1, 0.15) is 12.3 Å². The number of ether oxygens (including phenoxy) is 1. The van der Waals surface area contributed by atoms with Crippen LogP contribution in [0.5, 0.6) is 0 Å². The molecule has 0 atom stereocenters. The number of rotatable bonds is 6. The first-order valence-corrected chi connectivity index (χ1v) is 9.64. The molecule has 0 aliphatic carbocycles. The van der Waals surface area contributed by atoms with Crippen molar-refractivity contribution in [2.75, 3.05) is 0 Å². The van der Waals surface area contributed by atoms with Gasteiger partial charge in [-0.1, -0.05) is 47.1 Å². The molecular formula is C19H15F2NO5S. The third-order valence-electron chi connectivity index (χ3n) is 3.89. The van der Waals surface area contributed by atoms with Crippen LogP contribution in [0.4, 0.5) is 8.78 Å². The average Bonchev–Trinajstić information content (AvgIpc) is 3.15. The number of carbonyl (C=O) groups is 1. The summed E-state index contributed by atoms with van der Waals surface area (Å²) in [4.78, 5) is 11.5. The van der Waals surface area contributed by atoms with Crippen LogP contribution in [0.25, 0.3) is 11.3 Å². The van der Waals surface area contributed by atoms with Gasteiger partial charge in [0, 0.05) is 11.6 Å². The molecule has 0 unspecified atom stereocenters. The van der Waals surface area contributed by atoms with Crippen molar-refractivity contribution in [1.29, 1.82) is 0 Å². The van der Waals surface area contributed by atoms with E-state index in [-0.39, 0.29) is 12.3 Å². The van der Waals surface area contributed by atoms with E-state index < -0.39 is 32.0 Å². The quantitative estimate of drug-likeness (QED) is 0.574. The molecule has 146 valence electrons. The minimum absolute atomic E-state index is 0.290. The van der Waals surface area contributed by atoms with Crippen LogP contribution in [0, 0.1) is 6.92 Å². The molecule has 0 aliphatic heterocycles. The second-order valence-electron chi connectivity index (χ2n) is 5.93. The van der Waals surface area contributed by atoms with Crippen molar-refractivity contribution in [2.24, 2.45) is 0 Å². The summed E-state index contributed by atoms with van der Waals surface area (Å²) in [5, 5.41) is 3.79. The van der Waals surface area contributed by atoms with Crippen LogP contribution in [0.1, 0.15) is 21.6 Å². The highest BCUT2D eigenvalue weighted by Gasteiger charge is 2.31. The number of nitrogens with zero attached hydrogens (tertiary/aromatic N) is 1. The normalized spacial score (nSPS) is 11.6. The number of aromatic nitrogens is 1. The maximum absolute atomic E-state index is 12.8. The molecule has 1 heterocycles. The van der Waals surface area contributed by atoms with Gasteiger partial charge in [-0.2, -0.15) is 8.78 Å². The number of hydrogen-bond acceptors (Lipinski definition) is 6. The first-order valence-electron chi connectivity index (χ1n) is 8.10. The highest BCUT2D eigenvalue weighted by Crippen LogP contribution is 2.24. The highest BCUT2D eigenvalue weighted by atomic mass is 32.2. The minimum atomic E-state index is -4.94. The van der Waals surface area contributed by atoms with Crippen LogP contribution in [0.2, 0.25) is 0 Å². The summed E-state index contributed by atoms with van der Waals surface area (Å²) in [7, 11) is -4.94. The second-order valence-corrected chi connectivity index (χ2v) is 7.81. The Morgan fingerprint density at radius 2 is 1.82 bits per heavy atom. The topological polar surface area (TPSA) is 86.5 Å². The van der Waals surface area contributed by atoms with Crippen molar-refractivity contribution in [3.63, 3.8) is 0 Å². The first kappa shape index (κ1) is 19.7. The van der Waals surface area contributed by atoms with Gasteiger partial charge in [-0.3, -0.25) is 0 Å². The second kappa shape index (κ2) is 7.89. The molecule has 2 aromatic carbocycles. The maximum Gasteiger partial charge on any atom is 0.341 e. The van der Waals surface area contributed by atoms with E-state index in [0.29, 0.717) is 5.76 Å². The summed E-state index contributed by atoms with van der Waals surface area (Å²) >= 11 is 0. The lowest BCUT2D eigenvalue weighted by molar-refractivity contribution is 0.0459. The monoisotopic (exact) mass is 407 g/mol. The van der Waals surface area contributed by atoms with Gasteiger partial charge in [-0.15, -0.1) is 0 Å². The molecule has 1 aromatic heterocycles. The number of halogens is 2. The first-order chi connectivity index (χ1) is 13.3. The predicted molar refractivity (Wildman–Crippen MR) is 95.4 cm³/mol. The fourth-order valence-corrected chi connectivity index (χ4v) is 3.35. The third-order valence-corrected chi connectivity index (χ3v) is 5.33. The van der Waals surface area contributed by atoms with E-state index in [1.807, 2.05) is 31.2 Å². The number of aryl methyl sites for hydroxylation is 1. The molecule has 0 spiro atoms. The zero-order chi connectivity index (χ0) is 20.3. The Labute approximate surface area is 159 Å². The molecule has 0 bridgehead atoms. The van der Waals surface area contributed by atoms with Crippen molar-refractivity contribution >= 4 is 15.8 Å². The molecule has 0 fully saturated rings. The molecular weight excluding hydrogens is 392 g/mol. The van der Waals surface area contributed by atoms with Crippen LogP contribution < -0.4 is 0 Å². The van der Waals surface area contributed by atoms with Crippen LogP contribution in [-0.4, -0.2) is 25.3 Å². The van der Waals surface area contributed by atoms with Crippen molar-refractivity contribution in [3.05, 3.63) is 71.4 Å². The molecule has 0 amide bonds. The number of sulfone groups is 1. The lowest BCUT2D eigenvalue weighted by Gasteiger charge is -2.09. The number of alkyl halides is 2. The van der Waals surface area contributed by atoms with Gasteiger partial charge in [0.15, 0.2) is 5.76 Å². The molecule has 6 nitrogen and oxygen atoms in total. The fraction of sp³-hybridized carbons (Fsp3) is 0.158. The van der Waals surface area contributed by atoms with E-state index >= 15 is 0 Å². The van der Waals surface area contributed by atoms with Crippen molar-refractivity contribution in [1.82, 2.24) is 5.16 Å². The molecule has 0 saturated heterocycles. The van der Waals surface area contributed by atoms with Gasteiger partial charge in [0.25, 0.3) is 0 Å². The Bertz CT molecular complexity index is 1090. The standard InChI is InChI=1S/C19H15F2NO5S/c1-12-6-8-13(9-7-12)16-10-14(22-27-16)11-26-18(23)15-4-2-3-5-17(15)28(24,25)19(20)21/h2-10,19H,11H2,1H3. The van der Waals surface area contributed by atoms with E-state index in [2.05, 4.69) is 5.16 Å². The summed E-state index contributed by atoms with van der Waals surface area (Å²) in [6.07, 6.45) is 0. The Hall–Kier alpha value is -3.07. The number of esters is 1. The van der Waals surface area contributed by atoms with Gasteiger partial charge < -0.3 is 9.26 Å². The van der Waals surface area contributed by atoms with Crippen molar-refractivity contribution in [3.8, 4) is 11.3 Å². The minimum Gasteiger partial charge on any atom is -0.455 e. The van der Waals surface area contributed by atoms with E-state index in [4.69, 9.17) is 9.26 Å². The smallest absolute Gasteiger partial charge is 0.341 e. The molecule has 0 N–H and O–H groups in total. The Kier molecular flexibility index (Phi) is 5.55. The molecule has 3 aromatic rings. The maximum atomic E-state index is 12.8. The van der Waals surface area contributed by atoms with Crippen LogP contribution in [0.15, 0.2) is 64.0 Å². The average molecular weight is 407 g/mol. The van der Waals surface area contributed by atoms with E-state index in [9.17, 15) is 22.0 Å². The Morgan fingerprint density at radius 1 is 1.14 bits per heavy atom. The fourth-order valence-electron chi connectivity index (χ4n) is 2.43. The summed E-state index contributed by atoms with van der Waals surface area (Å²) < 4.78 is 59.3. The Balaban J connectivity index is 1.75. The SMILES string of the molecule is Cc1ccc(-c2cc(COC(=O)c3ccccc3S(=O)(=O)C(F)F)no2)cc1. The largest absolute Gasteiger partial charge is 0.455 e. The van der Waals surface area contributed by atoms with Crippen LogP contribution in [-0.2, 0) is 21.2 Å². The molecule has 0 saturated carbocycles. The van der Waals surface area contributed by atoms with Gasteiger partial charge in [0.05, 0.1) is 10.5 Å². The lowest BCUT2D eigenvalue weighted by atomic mass is 10.1. The molecule has 3 rings (SSSR count).